The van der Waals surface area contributed by atoms with E-state index in [0.717, 1.165) is 43.0 Å². The van der Waals surface area contributed by atoms with Crippen molar-refractivity contribution in [1.29, 1.82) is 0 Å². The molecule has 0 spiro atoms. The van der Waals surface area contributed by atoms with E-state index in [9.17, 15) is 0 Å². The van der Waals surface area contributed by atoms with E-state index < -0.39 is 0 Å². The smallest absolute Gasteiger partial charge is 0.135 e. The van der Waals surface area contributed by atoms with Gasteiger partial charge in [-0.15, -0.1) is 17.5 Å². The number of benzene rings is 3. The molecule has 41 heavy (non-hydrogen) atoms. The molecular weight excluding hydrogens is 518 g/mol. The standard InChI is InChI=1S/C37H37N3S/c1-4-36(41-29-16-7-5-8-17-29)31-19-13-15-27-14-11-12-20-33(27)39-37(31)38-28-22-23-35-32(24-28)30-18-9-6-10-21-34(30)40(35)25-26(2)3/h5-8,10-12,14,16-24,26,36H,4,13,15,25H2,1-3H3,(H,38,39). The van der Waals surface area contributed by atoms with E-state index in [-0.39, 0.29) is 0 Å². The van der Waals surface area contributed by atoms with Crippen LogP contribution in [0.15, 0.2) is 112 Å². The second-order valence-electron chi connectivity index (χ2n) is 11.1. The molecule has 1 unspecified atom stereocenters. The van der Waals surface area contributed by atoms with E-state index in [0.29, 0.717) is 11.2 Å². The maximum Gasteiger partial charge on any atom is 0.135 e. The molecule has 3 aromatic carbocycles. The zero-order valence-electron chi connectivity index (χ0n) is 24.1. The lowest BCUT2D eigenvalue weighted by Crippen LogP contribution is -2.23. The average molecular weight is 556 g/mol. The summed E-state index contributed by atoms with van der Waals surface area (Å²) in [7, 11) is 0. The number of nitrogens with one attached hydrogen (secondary N) is 1. The van der Waals surface area contributed by atoms with Crippen molar-refractivity contribution in [3.05, 3.63) is 119 Å². The van der Waals surface area contributed by atoms with Gasteiger partial charge in [-0.2, -0.15) is 0 Å². The highest BCUT2D eigenvalue weighted by atomic mass is 32.2. The molecule has 0 fully saturated rings. The fraction of sp³-hybridized carbons (Fsp3) is 0.243. The fourth-order valence-electron chi connectivity index (χ4n) is 5.74. The normalized spacial score (nSPS) is 15.0. The van der Waals surface area contributed by atoms with E-state index in [4.69, 9.17) is 4.99 Å². The van der Waals surface area contributed by atoms with Gasteiger partial charge < -0.3 is 9.88 Å². The number of aromatic nitrogens is 1. The Morgan fingerprint density at radius 2 is 1.85 bits per heavy atom. The van der Waals surface area contributed by atoms with Gasteiger partial charge in [-0.1, -0.05) is 69.3 Å². The largest absolute Gasteiger partial charge is 0.340 e. The molecule has 1 atom stereocenters. The Hall–Kier alpha value is -3.98. The van der Waals surface area contributed by atoms with Gasteiger partial charge in [0.05, 0.1) is 5.69 Å². The minimum atomic E-state index is 0.291. The van der Waals surface area contributed by atoms with Crippen molar-refractivity contribution in [2.45, 2.75) is 56.7 Å². The van der Waals surface area contributed by atoms with Crippen LogP contribution < -0.4 is 5.32 Å². The molecule has 2 heterocycles. The first-order chi connectivity index (χ1) is 20.1. The van der Waals surface area contributed by atoms with Crippen LogP contribution in [0.2, 0.25) is 0 Å². The van der Waals surface area contributed by atoms with E-state index in [1.807, 2.05) is 17.8 Å². The van der Waals surface area contributed by atoms with Gasteiger partial charge in [-0.25, -0.2) is 4.99 Å². The second-order valence-corrected chi connectivity index (χ2v) is 12.4. The number of aliphatic imine (C=N–C) groups is 1. The summed E-state index contributed by atoms with van der Waals surface area (Å²) in [4.78, 5) is 6.58. The summed E-state index contributed by atoms with van der Waals surface area (Å²) < 4.78 is 2.45. The zero-order chi connectivity index (χ0) is 28.2. The van der Waals surface area contributed by atoms with Crippen molar-refractivity contribution in [3.8, 4) is 0 Å². The third-order valence-electron chi connectivity index (χ3n) is 7.64. The van der Waals surface area contributed by atoms with Crippen molar-refractivity contribution in [2.24, 2.45) is 10.9 Å². The fourth-order valence-corrected chi connectivity index (χ4v) is 6.89. The lowest BCUT2D eigenvalue weighted by molar-refractivity contribution is 0.533. The van der Waals surface area contributed by atoms with Crippen LogP contribution in [0.4, 0.5) is 11.4 Å². The molecule has 4 heteroatoms. The Bertz CT molecular complexity index is 1710. The molecule has 6 rings (SSSR count). The molecule has 3 nitrogen and oxygen atoms in total. The molecule has 1 N–H and O–H groups in total. The number of allylic oxidation sites excluding steroid dienone is 3. The SMILES string of the molecule is CCC(Sc1ccccc1)C1=CCCc2ccccc2N=C1Nc1ccc2c(c1)c1c(n2CC(C)C)C=CC=C=C1. The van der Waals surface area contributed by atoms with Crippen molar-refractivity contribution < 1.29 is 0 Å². The number of anilines is 1. The van der Waals surface area contributed by atoms with E-state index >= 15 is 0 Å². The van der Waals surface area contributed by atoms with Crippen LogP contribution in [0.1, 0.15) is 50.4 Å². The number of hydrogen-bond acceptors (Lipinski definition) is 3. The molecular formula is C37H37N3S. The van der Waals surface area contributed by atoms with Gasteiger partial charge in [0, 0.05) is 50.1 Å². The van der Waals surface area contributed by atoms with Crippen LogP contribution in [-0.4, -0.2) is 15.7 Å². The molecule has 1 aliphatic carbocycles. The third kappa shape index (κ3) is 5.91. The Kier molecular flexibility index (Phi) is 8.14. The summed E-state index contributed by atoms with van der Waals surface area (Å²) in [5, 5.41) is 5.33. The molecule has 0 saturated carbocycles. The van der Waals surface area contributed by atoms with Crippen LogP contribution in [0.25, 0.3) is 23.1 Å². The first-order valence-electron chi connectivity index (χ1n) is 14.7. The summed E-state index contributed by atoms with van der Waals surface area (Å²) in [6.45, 7) is 7.80. The molecule has 0 bridgehead atoms. The number of amidine groups is 1. The summed E-state index contributed by atoms with van der Waals surface area (Å²) in [5.74, 6) is 1.49. The predicted octanol–water partition coefficient (Wildman–Crippen LogP) is 10.1. The maximum atomic E-state index is 5.30. The van der Waals surface area contributed by atoms with Crippen molar-refractivity contribution in [1.82, 2.24) is 4.57 Å². The highest BCUT2D eigenvalue weighted by molar-refractivity contribution is 8.00. The number of rotatable bonds is 7. The monoisotopic (exact) mass is 555 g/mol. The molecule has 1 aromatic heterocycles. The molecule has 4 aromatic rings. The molecule has 0 amide bonds. The minimum Gasteiger partial charge on any atom is -0.340 e. The van der Waals surface area contributed by atoms with Crippen LogP contribution >= 0.6 is 11.8 Å². The number of fused-ring (bicyclic) bond motifs is 4. The topological polar surface area (TPSA) is 29.3 Å². The van der Waals surface area contributed by atoms with Gasteiger partial charge in [-0.05, 0) is 85.4 Å². The third-order valence-corrected chi connectivity index (χ3v) is 9.06. The van der Waals surface area contributed by atoms with Crippen LogP contribution in [0, 0.1) is 5.92 Å². The van der Waals surface area contributed by atoms with Gasteiger partial charge in [0.25, 0.3) is 0 Å². The lowest BCUT2D eigenvalue weighted by atomic mass is 10.0. The van der Waals surface area contributed by atoms with Crippen LogP contribution in [0.5, 0.6) is 0 Å². The van der Waals surface area contributed by atoms with Gasteiger partial charge in [0.15, 0.2) is 0 Å². The second kappa shape index (κ2) is 12.3. The molecule has 0 saturated heterocycles. The summed E-state index contributed by atoms with van der Waals surface area (Å²) in [6, 6.07) is 26.0. The predicted molar refractivity (Wildman–Crippen MR) is 178 cm³/mol. The number of thioether (sulfide) groups is 1. The Morgan fingerprint density at radius 1 is 1.02 bits per heavy atom. The number of hydrogen-bond donors (Lipinski definition) is 1. The van der Waals surface area contributed by atoms with E-state index in [2.05, 4.69) is 133 Å². The summed E-state index contributed by atoms with van der Waals surface area (Å²) in [5.41, 5.74) is 11.7. The van der Waals surface area contributed by atoms with Crippen molar-refractivity contribution in [3.63, 3.8) is 0 Å². The highest BCUT2D eigenvalue weighted by Gasteiger charge is 2.22. The summed E-state index contributed by atoms with van der Waals surface area (Å²) in [6.07, 6.45) is 13.8. The Balaban J connectivity index is 1.43. The Labute approximate surface area is 248 Å². The first-order valence-corrected chi connectivity index (χ1v) is 15.6. The maximum absolute atomic E-state index is 5.30. The molecule has 1 aliphatic heterocycles. The molecule has 2 aliphatic rings. The Morgan fingerprint density at radius 3 is 2.68 bits per heavy atom. The lowest BCUT2D eigenvalue weighted by Gasteiger charge is -2.24. The van der Waals surface area contributed by atoms with E-state index in [1.165, 1.54) is 38.2 Å². The van der Waals surface area contributed by atoms with Gasteiger partial charge in [-0.3, -0.25) is 0 Å². The zero-order valence-corrected chi connectivity index (χ0v) is 24.9. The first kappa shape index (κ1) is 27.2. The summed E-state index contributed by atoms with van der Waals surface area (Å²) >= 11 is 1.92. The average Bonchev–Trinajstić information content (AvgIpc) is 3.10. The highest BCUT2D eigenvalue weighted by Crippen LogP contribution is 2.36. The van der Waals surface area contributed by atoms with Crippen molar-refractivity contribution >= 4 is 52.0 Å². The number of para-hydroxylation sites is 1. The number of nitrogens with zero attached hydrogens (tertiary/aromatic N) is 2. The van der Waals surface area contributed by atoms with Crippen molar-refractivity contribution in [2.75, 3.05) is 5.32 Å². The van der Waals surface area contributed by atoms with Crippen LogP contribution in [-0.2, 0) is 13.0 Å². The van der Waals surface area contributed by atoms with Gasteiger partial charge in [0.1, 0.15) is 5.84 Å². The quantitative estimate of drug-likeness (QED) is 0.182. The van der Waals surface area contributed by atoms with E-state index in [1.54, 1.807) is 0 Å². The number of aryl methyl sites for hydroxylation is 1. The minimum absolute atomic E-state index is 0.291. The molecule has 206 valence electrons. The molecule has 0 radical (unpaired) electrons. The van der Waals surface area contributed by atoms with Crippen LogP contribution in [0.3, 0.4) is 0 Å². The van der Waals surface area contributed by atoms with Gasteiger partial charge in [0.2, 0.25) is 0 Å². The van der Waals surface area contributed by atoms with Gasteiger partial charge >= 0.3 is 0 Å².